The van der Waals surface area contributed by atoms with Crippen LogP contribution in [-0.4, -0.2) is 43.0 Å². The molecular formula is C18H27ClN2O3. The van der Waals surface area contributed by atoms with Crippen LogP contribution in [0.3, 0.4) is 0 Å². The standard InChI is InChI=1S/C18H27ClN2O3/c1-4-6-17(22)21(13-15-7-9-16(19)10-8-15)14(2)18(23)20-11-5-12-24-3/h7-10,14H,4-6,11-13H2,1-3H3,(H,20,23)/t14-/m1/s1. The van der Waals surface area contributed by atoms with Crippen LogP contribution in [0.25, 0.3) is 0 Å². The quantitative estimate of drug-likeness (QED) is 0.657. The van der Waals surface area contributed by atoms with Crippen LogP contribution < -0.4 is 5.32 Å². The Bertz CT molecular complexity index is 520. The Hall–Kier alpha value is -1.59. The van der Waals surface area contributed by atoms with Crippen molar-refractivity contribution in [2.24, 2.45) is 0 Å². The van der Waals surface area contributed by atoms with Crippen molar-refractivity contribution >= 4 is 23.4 Å². The normalized spacial score (nSPS) is 11.8. The maximum atomic E-state index is 12.4. The molecule has 0 saturated carbocycles. The van der Waals surface area contributed by atoms with Gasteiger partial charge in [-0.05, 0) is 37.5 Å². The van der Waals surface area contributed by atoms with Crippen LogP contribution in [0.2, 0.25) is 5.02 Å². The number of carbonyl (C=O) groups is 2. The summed E-state index contributed by atoms with van der Waals surface area (Å²) < 4.78 is 4.96. The van der Waals surface area contributed by atoms with Crippen molar-refractivity contribution in [3.8, 4) is 0 Å². The Morgan fingerprint density at radius 1 is 1.29 bits per heavy atom. The number of amides is 2. The summed E-state index contributed by atoms with van der Waals surface area (Å²) >= 11 is 5.90. The van der Waals surface area contributed by atoms with E-state index in [-0.39, 0.29) is 11.8 Å². The first-order chi connectivity index (χ1) is 11.5. The van der Waals surface area contributed by atoms with Gasteiger partial charge in [-0.1, -0.05) is 30.7 Å². The second-order valence-electron chi connectivity index (χ2n) is 5.71. The van der Waals surface area contributed by atoms with Crippen LogP contribution in [0.5, 0.6) is 0 Å². The van der Waals surface area contributed by atoms with Crippen molar-refractivity contribution in [2.45, 2.75) is 45.7 Å². The third kappa shape index (κ3) is 6.89. The van der Waals surface area contributed by atoms with Crippen LogP contribution in [0.1, 0.15) is 38.7 Å². The highest BCUT2D eigenvalue weighted by molar-refractivity contribution is 6.30. The first kappa shape index (κ1) is 20.5. The van der Waals surface area contributed by atoms with Gasteiger partial charge in [0.2, 0.25) is 11.8 Å². The first-order valence-corrected chi connectivity index (χ1v) is 8.68. The Kier molecular flexibility index (Phi) is 9.42. The summed E-state index contributed by atoms with van der Waals surface area (Å²) in [5.74, 6) is -0.170. The number of methoxy groups -OCH3 is 1. The van der Waals surface area contributed by atoms with Crippen molar-refractivity contribution < 1.29 is 14.3 Å². The number of benzene rings is 1. The molecule has 0 heterocycles. The summed E-state index contributed by atoms with van der Waals surface area (Å²) in [6.45, 7) is 5.23. The first-order valence-electron chi connectivity index (χ1n) is 8.30. The summed E-state index contributed by atoms with van der Waals surface area (Å²) in [7, 11) is 1.63. The molecule has 1 rings (SSSR count). The number of nitrogens with zero attached hydrogens (tertiary/aromatic N) is 1. The smallest absolute Gasteiger partial charge is 0.242 e. The number of rotatable bonds is 10. The lowest BCUT2D eigenvalue weighted by Crippen LogP contribution is -2.47. The average Bonchev–Trinajstić information content (AvgIpc) is 2.57. The van der Waals surface area contributed by atoms with Gasteiger partial charge in [-0.25, -0.2) is 0 Å². The van der Waals surface area contributed by atoms with Gasteiger partial charge in [0.1, 0.15) is 6.04 Å². The Morgan fingerprint density at radius 3 is 2.54 bits per heavy atom. The largest absolute Gasteiger partial charge is 0.385 e. The molecule has 0 aromatic heterocycles. The predicted molar refractivity (Wildman–Crippen MR) is 95.9 cm³/mol. The second-order valence-corrected chi connectivity index (χ2v) is 6.15. The zero-order valence-corrected chi connectivity index (χ0v) is 15.4. The van der Waals surface area contributed by atoms with Crippen LogP contribution in [0.4, 0.5) is 0 Å². The van der Waals surface area contributed by atoms with E-state index >= 15 is 0 Å². The number of halogens is 1. The molecule has 0 unspecified atom stereocenters. The summed E-state index contributed by atoms with van der Waals surface area (Å²) in [5.41, 5.74) is 0.947. The SMILES string of the molecule is CCCC(=O)N(Cc1ccc(Cl)cc1)[C@H](C)C(=O)NCCCOC. The molecule has 0 radical (unpaired) electrons. The Balaban J connectivity index is 2.74. The van der Waals surface area contributed by atoms with E-state index in [0.29, 0.717) is 31.1 Å². The molecule has 0 aliphatic rings. The van der Waals surface area contributed by atoms with Crippen LogP contribution in [0.15, 0.2) is 24.3 Å². The molecule has 0 aliphatic carbocycles. The van der Waals surface area contributed by atoms with E-state index in [2.05, 4.69) is 5.32 Å². The van der Waals surface area contributed by atoms with Crippen molar-refractivity contribution in [1.29, 1.82) is 0 Å². The molecule has 0 bridgehead atoms. The van der Waals surface area contributed by atoms with Gasteiger partial charge in [0.05, 0.1) is 0 Å². The zero-order valence-electron chi connectivity index (χ0n) is 14.7. The topological polar surface area (TPSA) is 58.6 Å². The molecule has 0 saturated heterocycles. The maximum absolute atomic E-state index is 12.4. The lowest BCUT2D eigenvalue weighted by atomic mass is 10.1. The van der Waals surface area contributed by atoms with Crippen molar-refractivity contribution in [3.05, 3.63) is 34.9 Å². The summed E-state index contributed by atoms with van der Waals surface area (Å²) in [6.07, 6.45) is 1.92. The molecule has 24 heavy (non-hydrogen) atoms. The average molecular weight is 355 g/mol. The number of carbonyl (C=O) groups excluding carboxylic acids is 2. The fraction of sp³-hybridized carbons (Fsp3) is 0.556. The number of hydrogen-bond donors (Lipinski definition) is 1. The third-order valence-electron chi connectivity index (χ3n) is 3.72. The fourth-order valence-corrected chi connectivity index (χ4v) is 2.43. The van der Waals surface area contributed by atoms with Gasteiger partial charge in [0.25, 0.3) is 0 Å². The van der Waals surface area contributed by atoms with E-state index in [1.165, 1.54) is 0 Å². The molecule has 6 heteroatoms. The molecule has 0 fully saturated rings. The van der Waals surface area contributed by atoms with Gasteiger partial charge in [-0.15, -0.1) is 0 Å². The molecule has 134 valence electrons. The molecule has 1 N–H and O–H groups in total. The molecule has 5 nitrogen and oxygen atoms in total. The van der Waals surface area contributed by atoms with E-state index in [4.69, 9.17) is 16.3 Å². The van der Waals surface area contributed by atoms with Crippen LogP contribution in [-0.2, 0) is 20.9 Å². The van der Waals surface area contributed by atoms with Gasteiger partial charge in [0, 0.05) is 38.2 Å². The van der Waals surface area contributed by atoms with E-state index in [1.807, 2.05) is 19.1 Å². The maximum Gasteiger partial charge on any atom is 0.242 e. The molecule has 2 amide bonds. The summed E-state index contributed by atoms with van der Waals surface area (Å²) in [5, 5.41) is 3.50. The van der Waals surface area contributed by atoms with Gasteiger partial charge >= 0.3 is 0 Å². The number of nitrogens with one attached hydrogen (secondary N) is 1. The third-order valence-corrected chi connectivity index (χ3v) is 3.97. The molecule has 1 aromatic carbocycles. The molecule has 0 aliphatic heterocycles. The number of hydrogen-bond acceptors (Lipinski definition) is 3. The minimum absolute atomic E-state index is 0.0213. The molecule has 1 atom stereocenters. The highest BCUT2D eigenvalue weighted by Gasteiger charge is 2.25. The second kappa shape index (κ2) is 11.0. The zero-order chi connectivity index (χ0) is 17.9. The lowest BCUT2D eigenvalue weighted by Gasteiger charge is -2.28. The van der Waals surface area contributed by atoms with E-state index in [9.17, 15) is 9.59 Å². The minimum Gasteiger partial charge on any atom is -0.385 e. The summed E-state index contributed by atoms with van der Waals surface area (Å²) in [6, 6.07) is 6.79. The predicted octanol–water partition coefficient (Wildman–Crippen LogP) is 3.01. The van der Waals surface area contributed by atoms with E-state index in [1.54, 1.807) is 31.1 Å². The van der Waals surface area contributed by atoms with Crippen LogP contribution in [0, 0.1) is 0 Å². The fourth-order valence-electron chi connectivity index (χ4n) is 2.30. The molecular weight excluding hydrogens is 328 g/mol. The monoisotopic (exact) mass is 354 g/mol. The lowest BCUT2D eigenvalue weighted by molar-refractivity contribution is -0.140. The number of ether oxygens (including phenoxy) is 1. The van der Waals surface area contributed by atoms with E-state index < -0.39 is 6.04 Å². The van der Waals surface area contributed by atoms with Gasteiger partial charge in [-0.2, -0.15) is 0 Å². The highest BCUT2D eigenvalue weighted by Crippen LogP contribution is 2.14. The van der Waals surface area contributed by atoms with E-state index in [0.717, 1.165) is 18.4 Å². The van der Waals surface area contributed by atoms with Gasteiger partial charge in [0.15, 0.2) is 0 Å². The van der Waals surface area contributed by atoms with Gasteiger partial charge in [-0.3, -0.25) is 9.59 Å². The van der Waals surface area contributed by atoms with Crippen molar-refractivity contribution in [2.75, 3.05) is 20.3 Å². The Morgan fingerprint density at radius 2 is 1.96 bits per heavy atom. The Labute approximate surface area is 149 Å². The minimum atomic E-state index is -0.526. The molecule has 1 aromatic rings. The van der Waals surface area contributed by atoms with Crippen molar-refractivity contribution in [3.63, 3.8) is 0 Å². The van der Waals surface area contributed by atoms with Gasteiger partial charge < -0.3 is 15.0 Å². The van der Waals surface area contributed by atoms with Crippen molar-refractivity contribution in [1.82, 2.24) is 10.2 Å². The summed E-state index contributed by atoms with van der Waals surface area (Å²) in [4.78, 5) is 26.4. The van der Waals surface area contributed by atoms with Crippen LogP contribution >= 0.6 is 11.6 Å². The highest BCUT2D eigenvalue weighted by atomic mass is 35.5. The molecule has 0 spiro atoms.